The van der Waals surface area contributed by atoms with Crippen molar-refractivity contribution < 1.29 is 9.90 Å². The minimum Gasteiger partial charge on any atom is -0.387 e. The molecule has 0 spiro atoms. The zero-order valence-electron chi connectivity index (χ0n) is 13.7. The Labute approximate surface area is 138 Å². The van der Waals surface area contributed by atoms with E-state index in [0.717, 1.165) is 51.1 Å². The molecule has 23 heavy (non-hydrogen) atoms. The summed E-state index contributed by atoms with van der Waals surface area (Å²) in [5.41, 5.74) is 0.956. The number of amides is 1. The highest BCUT2D eigenvalue weighted by molar-refractivity contribution is 5.82. The Morgan fingerprint density at radius 1 is 1.17 bits per heavy atom. The van der Waals surface area contributed by atoms with E-state index in [1.807, 2.05) is 35.2 Å². The van der Waals surface area contributed by atoms with Crippen molar-refractivity contribution in [3.05, 3.63) is 35.9 Å². The smallest absolute Gasteiger partial charge is 0.239 e. The number of hydrogen-bond donors (Lipinski definition) is 2. The van der Waals surface area contributed by atoms with E-state index in [4.69, 9.17) is 0 Å². The third-order valence-electron chi connectivity index (χ3n) is 4.91. The topological polar surface area (TPSA) is 55.8 Å². The molecule has 0 saturated carbocycles. The molecule has 2 atom stereocenters. The molecule has 1 aromatic carbocycles. The molecule has 2 saturated heterocycles. The molecule has 1 unspecified atom stereocenters. The zero-order valence-corrected chi connectivity index (χ0v) is 13.7. The number of piperidine rings is 1. The summed E-state index contributed by atoms with van der Waals surface area (Å²) in [6, 6.07) is 9.79. The molecule has 126 valence electrons. The van der Waals surface area contributed by atoms with Crippen LogP contribution in [0.4, 0.5) is 0 Å². The molecule has 0 aliphatic carbocycles. The van der Waals surface area contributed by atoms with Gasteiger partial charge in [-0.05, 0) is 24.9 Å². The summed E-state index contributed by atoms with van der Waals surface area (Å²) >= 11 is 0. The number of aliphatic hydroxyl groups is 1. The van der Waals surface area contributed by atoms with Crippen LogP contribution in [0.25, 0.3) is 0 Å². The molecular weight excluding hydrogens is 290 g/mol. The Kier molecular flexibility index (Phi) is 5.65. The quantitative estimate of drug-likeness (QED) is 0.870. The van der Waals surface area contributed by atoms with Crippen molar-refractivity contribution in [2.45, 2.75) is 31.4 Å². The lowest BCUT2D eigenvalue weighted by Crippen LogP contribution is -2.55. The van der Waals surface area contributed by atoms with Crippen LogP contribution in [0.3, 0.4) is 0 Å². The fourth-order valence-electron chi connectivity index (χ4n) is 3.46. The summed E-state index contributed by atoms with van der Waals surface area (Å²) < 4.78 is 0. The van der Waals surface area contributed by atoms with Gasteiger partial charge < -0.3 is 15.3 Å². The van der Waals surface area contributed by atoms with Crippen LogP contribution in [-0.4, -0.2) is 66.1 Å². The van der Waals surface area contributed by atoms with E-state index in [-0.39, 0.29) is 11.9 Å². The van der Waals surface area contributed by atoms with Gasteiger partial charge in [-0.15, -0.1) is 0 Å². The number of carbonyl (C=O) groups excluding carboxylic acids is 1. The SMILES string of the molecule is O=C([C@H]1CCCCN1)N1CCN(CC(O)c2ccccc2)CC1. The van der Waals surface area contributed by atoms with E-state index < -0.39 is 6.10 Å². The van der Waals surface area contributed by atoms with E-state index in [2.05, 4.69) is 10.2 Å². The van der Waals surface area contributed by atoms with Gasteiger partial charge in [0.25, 0.3) is 0 Å². The number of rotatable bonds is 4. The fourth-order valence-corrected chi connectivity index (χ4v) is 3.46. The highest BCUT2D eigenvalue weighted by atomic mass is 16.3. The molecule has 5 nitrogen and oxygen atoms in total. The number of β-amino-alcohol motifs (C(OH)–C–C–N with tert-alkyl or cyclic N) is 1. The highest BCUT2D eigenvalue weighted by Gasteiger charge is 2.28. The molecule has 1 amide bonds. The average Bonchev–Trinajstić information content (AvgIpc) is 2.63. The second kappa shape index (κ2) is 7.90. The molecule has 3 rings (SSSR count). The molecule has 0 radical (unpaired) electrons. The summed E-state index contributed by atoms with van der Waals surface area (Å²) in [7, 11) is 0. The lowest BCUT2D eigenvalue weighted by Gasteiger charge is -2.38. The van der Waals surface area contributed by atoms with E-state index >= 15 is 0 Å². The van der Waals surface area contributed by atoms with Crippen LogP contribution in [0.15, 0.2) is 30.3 Å². The summed E-state index contributed by atoms with van der Waals surface area (Å²) in [6.45, 7) is 4.79. The molecule has 2 heterocycles. The second-order valence-corrected chi connectivity index (χ2v) is 6.55. The van der Waals surface area contributed by atoms with Gasteiger partial charge in [-0.3, -0.25) is 9.69 Å². The summed E-state index contributed by atoms with van der Waals surface area (Å²) in [5, 5.41) is 13.7. The summed E-state index contributed by atoms with van der Waals surface area (Å²) in [6.07, 6.45) is 2.83. The first kappa shape index (κ1) is 16.4. The van der Waals surface area contributed by atoms with Crippen LogP contribution >= 0.6 is 0 Å². The number of piperazine rings is 1. The van der Waals surface area contributed by atoms with Crippen molar-refractivity contribution in [1.82, 2.24) is 15.1 Å². The minimum atomic E-state index is -0.460. The molecule has 0 bridgehead atoms. The van der Waals surface area contributed by atoms with Gasteiger partial charge in [0.05, 0.1) is 12.1 Å². The lowest BCUT2D eigenvalue weighted by atomic mass is 10.0. The van der Waals surface area contributed by atoms with E-state index in [1.54, 1.807) is 0 Å². The highest BCUT2D eigenvalue weighted by Crippen LogP contribution is 2.16. The van der Waals surface area contributed by atoms with Gasteiger partial charge in [0.2, 0.25) is 5.91 Å². The Bertz CT molecular complexity index is 494. The van der Waals surface area contributed by atoms with E-state index in [1.165, 1.54) is 6.42 Å². The number of carbonyl (C=O) groups is 1. The molecule has 2 N–H and O–H groups in total. The lowest BCUT2D eigenvalue weighted by molar-refractivity contribution is -0.136. The average molecular weight is 317 g/mol. The molecule has 5 heteroatoms. The Morgan fingerprint density at radius 2 is 1.91 bits per heavy atom. The predicted octanol–water partition coefficient (Wildman–Crippen LogP) is 1.01. The third kappa shape index (κ3) is 4.31. The van der Waals surface area contributed by atoms with Crippen LogP contribution < -0.4 is 5.32 Å². The monoisotopic (exact) mass is 317 g/mol. The van der Waals surface area contributed by atoms with Gasteiger partial charge in [0.15, 0.2) is 0 Å². The molecule has 2 fully saturated rings. The van der Waals surface area contributed by atoms with Crippen molar-refractivity contribution in [3.63, 3.8) is 0 Å². The second-order valence-electron chi connectivity index (χ2n) is 6.55. The first-order valence-corrected chi connectivity index (χ1v) is 8.71. The number of nitrogens with zero attached hydrogens (tertiary/aromatic N) is 2. The van der Waals surface area contributed by atoms with Crippen LogP contribution in [0, 0.1) is 0 Å². The van der Waals surface area contributed by atoms with Gasteiger partial charge in [-0.1, -0.05) is 36.8 Å². The van der Waals surface area contributed by atoms with Crippen molar-refractivity contribution in [2.24, 2.45) is 0 Å². The largest absolute Gasteiger partial charge is 0.387 e. The van der Waals surface area contributed by atoms with E-state index in [9.17, 15) is 9.90 Å². The standard InChI is InChI=1S/C18H27N3O2/c22-17(15-6-2-1-3-7-15)14-20-10-12-21(13-11-20)18(23)16-8-4-5-9-19-16/h1-3,6-7,16-17,19,22H,4-5,8-14H2/t16-,17?/m1/s1. The van der Waals surface area contributed by atoms with Crippen LogP contribution in [0.2, 0.25) is 0 Å². The number of nitrogens with one attached hydrogen (secondary N) is 1. The Morgan fingerprint density at radius 3 is 2.57 bits per heavy atom. The van der Waals surface area contributed by atoms with Gasteiger partial charge in [0, 0.05) is 32.7 Å². The predicted molar refractivity (Wildman–Crippen MR) is 90.1 cm³/mol. The maximum absolute atomic E-state index is 12.5. The van der Waals surface area contributed by atoms with Crippen molar-refractivity contribution in [3.8, 4) is 0 Å². The van der Waals surface area contributed by atoms with Gasteiger partial charge in [-0.25, -0.2) is 0 Å². The molecule has 1 aromatic rings. The maximum Gasteiger partial charge on any atom is 0.239 e. The summed E-state index contributed by atoms with van der Waals surface area (Å²) in [4.78, 5) is 16.7. The van der Waals surface area contributed by atoms with Crippen LogP contribution in [0.5, 0.6) is 0 Å². The first-order valence-electron chi connectivity index (χ1n) is 8.71. The Balaban J connectivity index is 1.45. The van der Waals surface area contributed by atoms with Crippen molar-refractivity contribution in [1.29, 1.82) is 0 Å². The maximum atomic E-state index is 12.5. The van der Waals surface area contributed by atoms with Crippen LogP contribution in [0.1, 0.15) is 30.9 Å². The normalized spacial score (nSPS) is 24.4. The zero-order chi connectivity index (χ0) is 16.1. The minimum absolute atomic E-state index is 0.0187. The van der Waals surface area contributed by atoms with Crippen molar-refractivity contribution in [2.75, 3.05) is 39.3 Å². The third-order valence-corrected chi connectivity index (χ3v) is 4.91. The number of aliphatic hydroxyl groups excluding tert-OH is 1. The van der Waals surface area contributed by atoms with Gasteiger partial charge in [-0.2, -0.15) is 0 Å². The Hall–Kier alpha value is -1.43. The molecule has 2 aliphatic heterocycles. The van der Waals surface area contributed by atoms with E-state index in [0.29, 0.717) is 6.54 Å². The summed E-state index contributed by atoms with van der Waals surface area (Å²) in [5.74, 6) is 0.257. The number of hydrogen-bond acceptors (Lipinski definition) is 4. The van der Waals surface area contributed by atoms with Crippen LogP contribution in [-0.2, 0) is 4.79 Å². The molecule has 2 aliphatic rings. The molecular formula is C18H27N3O2. The van der Waals surface area contributed by atoms with Crippen molar-refractivity contribution >= 4 is 5.91 Å². The number of benzene rings is 1. The van der Waals surface area contributed by atoms with Gasteiger partial charge >= 0.3 is 0 Å². The first-order chi connectivity index (χ1) is 11.2. The van der Waals surface area contributed by atoms with Gasteiger partial charge in [0.1, 0.15) is 0 Å². The fraction of sp³-hybridized carbons (Fsp3) is 0.611. The molecule has 0 aromatic heterocycles.